The summed E-state index contributed by atoms with van der Waals surface area (Å²) < 4.78 is 5.71. The lowest BCUT2D eigenvalue weighted by molar-refractivity contribution is 0.261. The van der Waals surface area contributed by atoms with Crippen LogP contribution in [0.5, 0.6) is 11.5 Å². The van der Waals surface area contributed by atoms with Crippen LogP contribution in [0.3, 0.4) is 0 Å². The van der Waals surface area contributed by atoms with Crippen LogP contribution in [0.15, 0.2) is 53.5 Å². The third-order valence-corrected chi connectivity index (χ3v) is 4.36. The number of rotatable bonds is 5. The van der Waals surface area contributed by atoms with Crippen LogP contribution in [0.4, 0.5) is 0 Å². The van der Waals surface area contributed by atoms with Gasteiger partial charge in [-0.3, -0.25) is 4.99 Å². The molecule has 1 heterocycles. The van der Waals surface area contributed by atoms with Gasteiger partial charge in [0.25, 0.3) is 0 Å². The fraction of sp³-hybridized carbons (Fsp3) is 0.350. The molecule has 1 aliphatic heterocycles. The molecule has 0 spiro atoms. The van der Waals surface area contributed by atoms with Crippen molar-refractivity contribution in [3.8, 4) is 11.5 Å². The zero-order valence-electron chi connectivity index (χ0n) is 14.5. The molecule has 25 heavy (non-hydrogen) atoms. The van der Waals surface area contributed by atoms with E-state index in [-0.39, 0.29) is 6.04 Å². The minimum absolute atomic E-state index is 0.216. The zero-order chi connectivity index (χ0) is 17.5. The van der Waals surface area contributed by atoms with E-state index in [0.717, 1.165) is 37.5 Å². The fourth-order valence-corrected chi connectivity index (χ4v) is 3.01. The van der Waals surface area contributed by atoms with Crippen molar-refractivity contribution in [3.63, 3.8) is 0 Å². The molecule has 0 saturated carbocycles. The highest BCUT2D eigenvalue weighted by atomic mass is 16.5. The third kappa shape index (κ3) is 4.66. The number of aromatic hydroxyl groups is 1. The molecule has 0 saturated heterocycles. The molecular formula is C20H25N3O2. The number of ether oxygens (including phenoxy) is 1. The Morgan fingerprint density at radius 1 is 1.20 bits per heavy atom. The summed E-state index contributed by atoms with van der Waals surface area (Å²) in [4.78, 5) is 4.33. The second-order valence-electron chi connectivity index (χ2n) is 6.14. The molecule has 5 nitrogen and oxygen atoms in total. The highest BCUT2D eigenvalue weighted by Gasteiger charge is 2.21. The number of nitrogens with zero attached hydrogens (tertiary/aromatic N) is 1. The Labute approximate surface area is 148 Å². The zero-order valence-corrected chi connectivity index (χ0v) is 14.5. The quantitative estimate of drug-likeness (QED) is 0.445. The van der Waals surface area contributed by atoms with Gasteiger partial charge in [0.2, 0.25) is 0 Å². The molecule has 0 bridgehead atoms. The van der Waals surface area contributed by atoms with Crippen LogP contribution in [0.1, 0.15) is 30.0 Å². The van der Waals surface area contributed by atoms with Crippen molar-refractivity contribution in [2.75, 3.05) is 20.2 Å². The van der Waals surface area contributed by atoms with Gasteiger partial charge in [-0.2, -0.15) is 0 Å². The molecule has 3 rings (SSSR count). The number of phenolic OH excluding ortho intramolecular Hbond substituents is 1. The van der Waals surface area contributed by atoms with Gasteiger partial charge in [0.1, 0.15) is 11.5 Å². The van der Waals surface area contributed by atoms with Crippen molar-refractivity contribution in [1.82, 2.24) is 10.6 Å². The van der Waals surface area contributed by atoms with Crippen LogP contribution in [-0.2, 0) is 6.42 Å². The Morgan fingerprint density at radius 2 is 2.00 bits per heavy atom. The molecule has 132 valence electrons. The molecule has 0 radical (unpaired) electrons. The van der Waals surface area contributed by atoms with Crippen molar-refractivity contribution in [3.05, 3.63) is 59.7 Å². The normalized spacial score (nSPS) is 16.7. The molecule has 0 fully saturated rings. The molecule has 3 N–H and O–H groups in total. The first-order valence-corrected chi connectivity index (χ1v) is 8.73. The maximum absolute atomic E-state index is 9.31. The molecule has 2 aromatic rings. The van der Waals surface area contributed by atoms with Crippen molar-refractivity contribution >= 4 is 5.96 Å². The van der Waals surface area contributed by atoms with Gasteiger partial charge in [-0.25, -0.2) is 0 Å². The van der Waals surface area contributed by atoms with Crippen LogP contribution in [0.25, 0.3) is 0 Å². The molecule has 1 aliphatic rings. The summed E-state index contributed by atoms with van der Waals surface area (Å²) >= 11 is 0. The highest BCUT2D eigenvalue weighted by molar-refractivity contribution is 5.80. The number of hydrogen-bond donors (Lipinski definition) is 3. The Kier molecular flexibility index (Phi) is 5.77. The highest BCUT2D eigenvalue weighted by Crippen LogP contribution is 2.31. The van der Waals surface area contributed by atoms with E-state index in [9.17, 15) is 5.11 Å². The summed E-state index contributed by atoms with van der Waals surface area (Å²) in [6, 6.07) is 15.7. The Bertz CT molecular complexity index is 713. The standard InChI is InChI=1S/C20H25N3O2/c1-21-20(22-13-4-5-15-8-10-16(24)11-9-15)23-18-12-14-25-19-7-3-2-6-17(18)19/h2-3,6-11,18,24H,4-5,12-14H2,1H3,(H2,21,22,23). The first kappa shape index (κ1) is 17.1. The Hall–Kier alpha value is -2.69. The van der Waals surface area contributed by atoms with Gasteiger partial charge in [0, 0.05) is 25.6 Å². The number of para-hydroxylation sites is 1. The average molecular weight is 339 g/mol. The van der Waals surface area contributed by atoms with E-state index in [0.29, 0.717) is 12.4 Å². The van der Waals surface area contributed by atoms with Gasteiger partial charge < -0.3 is 20.5 Å². The second-order valence-corrected chi connectivity index (χ2v) is 6.14. The van der Waals surface area contributed by atoms with E-state index in [2.05, 4.69) is 21.7 Å². The Morgan fingerprint density at radius 3 is 2.80 bits per heavy atom. The molecule has 0 aromatic heterocycles. The van der Waals surface area contributed by atoms with E-state index in [1.807, 2.05) is 30.3 Å². The monoisotopic (exact) mass is 339 g/mol. The van der Waals surface area contributed by atoms with Crippen LogP contribution in [0.2, 0.25) is 0 Å². The van der Waals surface area contributed by atoms with Crippen molar-refractivity contribution in [2.45, 2.75) is 25.3 Å². The van der Waals surface area contributed by atoms with Crippen molar-refractivity contribution in [1.29, 1.82) is 0 Å². The number of aryl methyl sites for hydroxylation is 1. The summed E-state index contributed by atoms with van der Waals surface area (Å²) in [5, 5.41) is 16.2. The predicted molar refractivity (Wildman–Crippen MR) is 100 cm³/mol. The summed E-state index contributed by atoms with van der Waals surface area (Å²) in [6.45, 7) is 1.55. The molecule has 2 aromatic carbocycles. The lowest BCUT2D eigenvalue weighted by Gasteiger charge is -2.28. The molecule has 0 aliphatic carbocycles. The Balaban J connectivity index is 1.48. The van der Waals surface area contributed by atoms with E-state index < -0.39 is 0 Å². The van der Waals surface area contributed by atoms with Crippen LogP contribution >= 0.6 is 0 Å². The van der Waals surface area contributed by atoms with E-state index >= 15 is 0 Å². The van der Waals surface area contributed by atoms with Crippen molar-refractivity contribution in [2.24, 2.45) is 4.99 Å². The third-order valence-electron chi connectivity index (χ3n) is 4.36. The number of fused-ring (bicyclic) bond motifs is 1. The van der Waals surface area contributed by atoms with Crippen LogP contribution in [0, 0.1) is 0 Å². The minimum Gasteiger partial charge on any atom is -0.508 e. The van der Waals surface area contributed by atoms with Gasteiger partial charge >= 0.3 is 0 Å². The van der Waals surface area contributed by atoms with Crippen LogP contribution < -0.4 is 15.4 Å². The number of guanidine groups is 1. The summed E-state index contributed by atoms with van der Waals surface area (Å²) in [5.41, 5.74) is 2.40. The van der Waals surface area contributed by atoms with Gasteiger partial charge in [0.15, 0.2) is 5.96 Å². The van der Waals surface area contributed by atoms with Gasteiger partial charge in [-0.05, 0) is 36.6 Å². The lowest BCUT2D eigenvalue weighted by atomic mass is 10.0. The summed E-state index contributed by atoms with van der Waals surface area (Å²) in [5.74, 6) is 2.07. The van der Waals surface area contributed by atoms with Crippen LogP contribution in [-0.4, -0.2) is 31.3 Å². The maximum atomic E-state index is 9.31. The topological polar surface area (TPSA) is 65.9 Å². The minimum atomic E-state index is 0.216. The molecule has 1 atom stereocenters. The second kappa shape index (κ2) is 8.42. The van der Waals surface area contributed by atoms with Gasteiger partial charge in [0.05, 0.1) is 12.6 Å². The number of aliphatic imine (C=N–C) groups is 1. The fourth-order valence-electron chi connectivity index (χ4n) is 3.01. The SMILES string of the molecule is CN=C(NCCCc1ccc(O)cc1)NC1CCOc2ccccc21. The molecule has 5 heteroatoms. The maximum Gasteiger partial charge on any atom is 0.191 e. The molecule has 1 unspecified atom stereocenters. The van der Waals surface area contributed by atoms with E-state index in [1.54, 1.807) is 19.2 Å². The number of benzene rings is 2. The van der Waals surface area contributed by atoms with Gasteiger partial charge in [-0.15, -0.1) is 0 Å². The molecule has 0 amide bonds. The average Bonchev–Trinajstić information content (AvgIpc) is 2.66. The van der Waals surface area contributed by atoms with Crippen molar-refractivity contribution < 1.29 is 9.84 Å². The largest absolute Gasteiger partial charge is 0.508 e. The van der Waals surface area contributed by atoms with E-state index in [1.165, 1.54) is 11.1 Å². The summed E-state index contributed by atoms with van der Waals surface area (Å²) in [6.07, 6.45) is 2.88. The van der Waals surface area contributed by atoms with Gasteiger partial charge in [-0.1, -0.05) is 30.3 Å². The first-order chi connectivity index (χ1) is 12.3. The predicted octanol–water partition coefficient (Wildman–Crippen LogP) is 3.01. The number of nitrogens with one attached hydrogen (secondary N) is 2. The summed E-state index contributed by atoms with van der Waals surface area (Å²) in [7, 11) is 1.79. The number of phenols is 1. The lowest BCUT2D eigenvalue weighted by Crippen LogP contribution is -2.41. The van der Waals surface area contributed by atoms with E-state index in [4.69, 9.17) is 4.74 Å². The molecular weight excluding hydrogens is 314 g/mol. The number of hydrogen-bond acceptors (Lipinski definition) is 3. The smallest absolute Gasteiger partial charge is 0.191 e. The first-order valence-electron chi connectivity index (χ1n) is 8.73.